The molecule has 0 unspecified atom stereocenters. The maximum atomic E-state index is 4.27. The van der Waals surface area contributed by atoms with Crippen molar-refractivity contribution in [3.63, 3.8) is 0 Å². The molecule has 0 radical (unpaired) electrons. The molecule has 1 aromatic rings. The molecule has 0 atom stereocenters. The number of hydrogen-bond donors (Lipinski definition) is 2. The summed E-state index contributed by atoms with van der Waals surface area (Å²) in [5, 5.41) is 6.34. The number of nitrogens with one attached hydrogen (secondary N) is 2. The number of aromatic nitrogens is 3. The van der Waals surface area contributed by atoms with Crippen LogP contribution in [0.2, 0.25) is 0 Å². The summed E-state index contributed by atoms with van der Waals surface area (Å²) in [6, 6.07) is 0. The lowest BCUT2D eigenvalue weighted by molar-refractivity contribution is 0.679. The lowest BCUT2D eigenvalue weighted by Gasteiger charge is -2.09. The Morgan fingerprint density at radius 2 is 1.38 bits per heavy atom. The summed E-state index contributed by atoms with van der Waals surface area (Å²) in [5.41, 5.74) is 0. The molecule has 1 aromatic heterocycles. The Hall–Kier alpha value is -1.39. The Morgan fingerprint density at radius 1 is 0.938 bits per heavy atom. The third kappa shape index (κ3) is 4.91. The molecule has 2 N–H and O–H groups in total. The van der Waals surface area contributed by atoms with Gasteiger partial charge < -0.3 is 10.6 Å². The lowest BCUT2D eigenvalue weighted by atomic mass is 10.2. The fourth-order valence-electron chi connectivity index (χ4n) is 1.06. The molecule has 0 saturated carbocycles. The Balaban J connectivity index is 2.50. The highest BCUT2D eigenvalue weighted by atomic mass is 15.2. The summed E-state index contributed by atoms with van der Waals surface area (Å²) in [5.74, 6) is 2.41. The van der Waals surface area contributed by atoms with E-state index in [1.54, 1.807) is 0 Å². The molecule has 0 fully saturated rings. The van der Waals surface area contributed by atoms with Gasteiger partial charge in [0.25, 0.3) is 0 Å². The molecule has 5 nitrogen and oxygen atoms in total. The van der Waals surface area contributed by atoms with E-state index in [1.165, 1.54) is 6.33 Å². The molecule has 5 heteroatoms. The minimum absolute atomic E-state index is 0.573. The molecule has 0 aromatic carbocycles. The first kappa shape index (κ1) is 12.7. The predicted octanol–water partition coefficient (Wildman–Crippen LogP) is 2.01. The van der Waals surface area contributed by atoms with E-state index in [1.807, 2.05) is 0 Å². The first-order chi connectivity index (χ1) is 7.58. The molecule has 1 rings (SSSR count). The fraction of sp³-hybridized carbons (Fsp3) is 0.727. The molecule has 0 aliphatic rings. The largest absolute Gasteiger partial charge is 0.354 e. The summed E-state index contributed by atoms with van der Waals surface area (Å²) >= 11 is 0. The van der Waals surface area contributed by atoms with Gasteiger partial charge in [0.05, 0.1) is 0 Å². The molecule has 0 saturated heterocycles. The van der Waals surface area contributed by atoms with Crippen LogP contribution in [0.3, 0.4) is 0 Å². The Kier molecular flexibility index (Phi) is 4.95. The summed E-state index contributed by atoms with van der Waals surface area (Å²) in [6.07, 6.45) is 1.53. The number of anilines is 2. The van der Waals surface area contributed by atoms with Gasteiger partial charge in [0.2, 0.25) is 11.9 Å². The van der Waals surface area contributed by atoms with Crippen molar-refractivity contribution in [1.29, 1.82) is 0 Å². The van der Waals surface area contributed by atoms with E-state index in [-0.39, 0.29) is 0 Å². The highest BCUT2D eigenvalue weighted by molar-refractivity contribution is 5.32. The van der Waals surface area contributed by atoms with E-state index < -0.39 is 0 Å². The molecule has 0 bridgehead atoms. The van der Waals surface area contributed by atoms with Gasteiger partial charge in [-0.2, -0.15) is 4.98 Å². The molecule has 0 spiro atoms. The third-order valence-corrected chi connectivity index (χ3v) is 1.91. The Bertz CT molecular complexity index is 284. The molecule has 90 valence electrons. The van der Waals surface area contributed by atoms with Crippen LogP contribution in [0.4, 0.5) is 11.9 Å². The van der Waals surface area contributed by atoms with Crippen LogP contribution in [0.1, 0.15) is 27.7 Å². The number of rotatable bonds is 6. The minimum Gasteiger partial charge on any atom is -0.354 e. The van der Waals surface area contributed by atoms with Crippen LogP contribution in [0.25, 0.3) is 0 Å². The minimum atomic E-state index is 0.573. The monoisotopic (exact) mass is 223 g/mol. The van der Waals surface area contributed by atoms with Crippen LogP contribution in [-0.4, -0.2) is 28.0 Å². The van der Waals surface area contributed by atoms with Gasteiger partial charge in [0.1, 0.15) is 6.33 Å². The van der Waals surface area contributed by atoms with Crippen molar-refractivity contribution < 1.29 is 0 Å². The average Bonchev–Trinajstić information content (AvgIpc) is 2.24. The van der Waals surface area contributed by atoms with Crippen LogP contribution >= 0.6 is 0 Å². The maximum absolute atomic E-state index is 4.27. The Labute approximate surface area is 97.1 Å². The van der Waals surface area contributed by atoms with Crippen molar-refractivity contribution in [3.8, 4) is 0 Å². The van der Waals surface area contributed by atoms with Crippen molar-refractivity contribution in [1.82, 2.24) is 15.0 Å². The van der Waals surface area contributed by atoms with E-state index >= 15 is 0 Å². The van der Waals surface area contributed by atoms with Gasteiger partial charge in [0, 0.05) is 13.1 Å². The highest BCUT2D eigenvalue weighted by Crippen LogP contribution is 2.04. The quantitative estimate of drug-likeness (QED) is 0.772. The molecule has 0 aliphatic heterocycles. The molecule has 1 heterocycles. The van der Waals surface area contributed by atoms with Crippen molar-refractivity contribution in [2.24, 2.45) is 11.8 Å². The number of hydrogen-bond acceptors (Lipinski definition) is 5. The standard InChI is InChI=1S/C11H21N5/c1-8(2)5-12-10-14-7-15-11(16-10)13-6-9(3)4/h7-9H,5-6H2,1-4H3,(H2,12,13,14,15,16). The van der Waals surface area contributed by atoms with E-state index in [0.29, 0.717) is 23.7 Å². The second kappa shape index (κ2) is 6.25. The highest BCUT2D eigenvalue weighted by Gasteiger charge is 2.01. The van der Waals surface area contributed by atoms with Gasteiger partial charge in [-0.1, -0.05) is 27.7 Å². The predicted molar refractivity (Wildman–Crippen MR) is 66.5 cm³/mol. The molecular weight excluding hydrogens is 202 g/mol. The summed E-state index contributed by atoms with van der Waals surface area (Å²) < 4.78 is 0. The zero-order valence-corrected chi connectivity index (χ0v) is 10.5. The van der Waals surface area contributed by atoms with Crippen LogP contribution in [-0.2, 0) is 0 Å². The first-order valence-corrected chi connectivity index (χ1v) is 5.74. The van der Waals surface area contributed by atoms with Crippen LogP contribution < -0.4 is 10.6 Å². The van der Waals surface area contributed by atoms with Gasteiger partial charge in [-0.15, -0.1) is 0 Å². The van der Waals surface area contributed by atoms with Crippen molar-refractivity contribution in [2.75, 3.05) is 23.7 Å². The lowest BCUT2D eigenvalue weighted by Crippen LogP contribution is -2.14. The molecule has 16 heavy (non-hydrogen) atoms. The zero-order valence-electron chi connectivity index (χ0n) is 10.5. The van der Waals surface area contributed by atoms with E-state index in [0.717, 1.165) is 13.1 Å². The van der Waals surface area contributed by atoms with E-state index in [9.17, 15) is 0 Å². The maximum Gasteiger partial charge on any atom is 0.227 e. The first-order valence-electron chi connectivity index (χ1n) is 5.74. The second-order valence-corrected chi connectivity index (χ2v) is 4.68. The van der Waals surface area contributed by atoms with Crippen molar-refractivity contribution >= 4 is 11.9 Å². The SMILES string of the molecule is CC(C)CNc1ncnc(NCC(C)C)n1. The van der Waals surface area contributed by atoms with Gasteiger partial charge in [-0.05, 0) is 11.8 Å². The van der Waals surface area contributed by atoms with Crippen molar-refractivity contribution in [2.45, 2.75) is 27.7 Å². The normalized spacial score (nSPS) is 10.9. The van der Waals surface area contributed by atoms with Gasteiger partial charge in [-0.3, -0.25) is 0 Å². The van der Waals surface area contributed by atoms with Crippen LogP contribution in [0, 0.1) is 11.8 Å². The zero-order chi connectivity index (χ0) is 12.0. The van der Waals surface area contributed by atoms with Crippen molar-refractivity contribution in [3.05, 3.63) is 6.33 Å². The second-order valence-electron chi connectivity index (χ2n) is 4.68. The summed E-state index contributed by atoms with van der Waals surface area (Å²) in [4.78, 5) is 12.4. The molecular formula is C11H21N5. The average molecular weight is 223 g/mol. The smallest absolute Gasteiger partial charge is 0.227 e. The fourth-order valence-corrected chi connectivity index (χ4v) is 1.06. The topological polar surface area (TPSA) is 62.7 Å². The van der Waals surface area contributed by atoms with E-state index in [2.05, 4.69) is 53.3 Å². The third-order valence-electron chi connectivity index (χ3n) is 1.91. The van der Waals surface area contributed by atoms with Crippen LogP contribution in [0.5, 0.6) is 0 Å². The summed E-state index contributed by atoms with van der Waals surface area (Å²) in [7, 11) is 0. The van der Waals surface area contributed by atoms with Gasteiger partial charge >= 0.3 is 0 Å². The number of nitrogens with zero attached hydrogens (tertiary/aromatic N) is 3. The molecule has 0 aliphatic carbocycles. The van der Waals surface area contributed by atoms with E-state index in [4.69, 9.17) is 0 Å². The van der Waals surface area contributed by atoms with Crippen LogP contribution in [0.15, 0.2) is 6.33 Å². The Morgan fingerprint density at radius 3 is 1.75 bits per heavy atom. The molecule has 0 amide bonds. The van der Waals surface area contributed by atoms with Gasteiger partial charge in [0.15, 0.2) is 0 Å². The van der Waals surface area contributed by atoms with Gasteiger partial charge in [-0.25, -0.2) is 9.97 Å². The summed E-state index contributed by atoms with van der Waals surface area (Å²) in [6.45, 7) is 10.3.